The van der Waals surface area contributed by atoms with Crippen molar-refractivity contribution in [2.45, 2.75) is 26.2 Å². The van der Waals surface area contributed by atoms with E-state index in [2.05, 4.69) is 48.5 Å². The van der Waals surface area contributed by atoms with Crippen molar-refractivity contribution in [1.82, 2.24) is 0 Å². The average molecular weight is 280 g/mol. The molecule has 0 spiro atoms. The van der Waals surface area contributed by atoms with E-state index in [1.165, 1.54) is 28.3 Å². The third-order valence-electron chi connectivity index (χ3n) is 3.42. The van der Waals surface area contributed by atoms with Gasteiger partial charge in [0.15, 0.2) is 0 Å². The van der Waals surface area contributed by atoms with Crippen LogP contribution in [0.4, 0.5) is 0 Å². The molecule has 2 heteroatoms. The van der Waals surface area contributed by atoms with Gasteiger partial charge < -0.3 is 5.11 Å². The Morgan fingerprint density at radius 1 is 1.05 bits per heavy atom. The first-order chi connectivity index (χ1) is 10.2. The van der Waals surface area contributed by atoms with Gasteiger partial charge in [0, 0.05) is 6.08 Å². The molecule has 0 bridgehead atoms. The minimum Gasteiger partial charge on any atom is -0.478 e. The molecule has 1 aliphatic carbocycles. The third kappa shape index (κ3) is 4.06. The van der Waals surface area contributed by atoms with E-state index in [0.29, 0.717) is 0 Å². The molecular formula is C19H20O2. The van der Waals surface area contributed by atoms with Crippen LogP contribution < -0.4 is 0 Å². The van der Waals surface area contributed by atoms with Gasteiger partial charge in [0.1, 0.15) is 0 Å². The standard InChI is InChI=1S/C13H10.C6H10O2/c1-3-7-12-10(5-1)9-11-6-2-4-8-13(11)12;1-2-3-4-5-6(7)8/h1-8H,9H2;4-5H,2-3H2,1H3,(H,7,8). The number of hydrogen-bond acceptors (Lipinski definition) is 1. The van der Waals surface area contributed by atoms with Crippen LogP contribution in [0, 0.1) is 0 Å². The molecular weight excluding hydrogens is 260 g/mol. The second-order valence-corrected chi connectivity index (χ2v) is 5.02. The van der Waals surface area contributed by atoms with Crippen molar-refractivity contribution in [3.63, 3.8) is 0 Å². The second-order valence-electron chi connectivity index (χ2n) is 5.02. The van der Waals surface area contributed by atoms with Crippen molar-refractivity contribution >= 4 is 5.97 Å². The zero-order valence-electron chi connectivity index (χ0n) is 12.3. The largest absolute Gasteiger partial charge is 0.478 e. The number of benzene rings is 2. The smallest absolute Gasteiger partial charge is 0.327 e. The molecule has 1 N–H and O–H groups in total. The molecule has 0 unspecified atom stereocenters. The molecule has 2 aromatic rings. The number of unbranched alkanes of at least 4 members (excludes halogenated alkanes) is 1. The molecule has 2 aromatic carbocycles. The Kier molecular flexibility index (Phi) is 5.33. The van der Waals surface area contributed by atoms with E-state index >= 15 is 0 Å². The van der Waals surface area contributed by atoms with Gasteiger partial charge in [0.25, 0.3) is 0 Å². The highest BCUT2D eigenvalue weighted by molar-refractivity contribution is 5.79. The average Bonchev–Trinajstić information content (AvgIpc) is 2.86. The summed E-state index contributed by atoms with van der Waals surface area (Å²) in [4.78, 5) is 9.79. The number of fused-ring (bicyclic) bond motifs is 3. The number of hydrogen-bond donors (Lipinski definition) is 1. The Morgan fingerprint density at radius 2 is 1.57 bits per heavy atom. The first-order valence-electron chi connectivity index (χ1n) is 7.28. The van der Waals surface area contributed by atoms with E-state index in [1.807, 2.05) is 6.92 Å². The molecule has 108 valence electrons. The molecule has 0 radical (unpaired) electrons. The van der Waals surface area contributed by atoms with Crippen LogP contribution in [0.15, 0.2) is 60.7 Å². The summed E-state index contributed by atoms with van der Waals surface area (Å²) in [7, 11) is 0. The van der Waals surface area contributed by atoms with E-state index in [4.69, 9.17) is 5.11 Å². The lowest BCUT2D eigenvalue weighted by Crippen LogP contribution is -1.84. The number of rotatable bonds is 3. The van der Waals surface area contributed by atoms with Crippen molar-refractivity contribution in [2.24, 2.45) is 0 Å². The summed E-state index contributed by atoms with van der Waals surface area (Å²) in [5.74, 6) is -0.863. The normalized spacial score (nSPS) is 11.5. The Bertz CT molecular complexity index is 598. The van der Waals surface area contributed by atoms with Crippen molar-refractivity contribution in [2.75, 3.05) is 0 Å². The van der Waals surface area contributed by atoms with Crippen LogP contribution in [-0.4, -0.2) is 11.1 Å². The lowest BCUT2D eigenvalue weighted by Gasteiger charge is -1.98. The summed E-state index contributed by atoms with van der Waals surface area (Å²) in [6.07, 6.45) is 5.79. The summed E-state index contributed by atoms with van der Waals surface area (Å²) in [5.41, 5.74) is 5.75. The fourth-order valence-corrected chi connectivity index (χ4v) is 2.43. The van der Waals surface area contributed by atoms with Gasteiger partial charge in [-0.1, -0.05) is 68.0 Å². The van der Waals surface area contributed by atoms with Crippen molar-refractivity contribution in [3.05, 3.63) is 71.8 Å². The molecule has 21 heavy (non-hydrogen) atoms. The maximum Gasteiger partial charge on any atom is 0.327 e. The number of aliphatic carboxylic acids is 1. The Morgan fingerprint density at radius 3 is 2.05 bits per heavy atom. The van der Waals surface area contributed by atoms with Crippen LogP contribution in [0.2, 0.25) is 0 Å². The van der Waals surface area contributed by atoms with E-state index < -0.39 is 5.97 Å². The number of carboxylic acids is 1. The molecule has 0 aliphatic heterocycles. The van der Waals surface area contributed by atoms with Crippen LogP contribution in [0.1, 0.15) is 30.9 Å². The minimum atomic E-state index is -0.863. The second kappa shape index (κ2) is 7.44. The monoisotopic (exact) mass is 280 g/mol. The minimum absolute atomic E-state index is 0.853. The SMILES string of the molecule is CCCC=CC(=O)O.c1ccc2c(c1)Cc1ccccc1-2. The highest BCUT2D eigenvalue weighted by Crippen LogP contribution is 2.35. The van der Waals surface area contributed by atoms with Gasteiger partial charge in [-0.25, -0.2) is 4.79 Å². The molecule has 0 aromatic heterocycles. The zero-order valence-corrected chi connectivity index (χ0v) is 12.3. The topological polar surface area (TPSA) is 37.3 Å². The van der Waals surface area contributed by atoms with E-state index in [9.17, 15) is 4.79 Å². The third-order valence-corrected chi connectivity index (χ3v) is 3.42. The van der Waals surface area contributed by atoms with Crippen LogP contribution in [-0.2, 0) is 11.2 Å². The van der Waals surface area contributed by atoms with E-state index in [0.717, 1.165) is 19.3 Å². The van der Waals surface area contributed by atoms with Crippen molar-refractivity contribution in [3.8, 4) is 11.1 Å². The first-order valence-corrected chi connectivity index (χ1v) is 7.28. The molecule has 0 heterocycles. The van der Waals surface area contributed by atoms with Gasteiger partial charge in [0.2, 0.25) is 0 Å². The molecule has 0 fully saturated rings. The molecule has 0 amide bonds. The van der Waals surface area contributed by atoms with Gasteiger partial charge in [-0.05, 0) is 35.1 Å². The summed E-state index contributed by atoms with van der Waals surface area (Å²) in [6, 6.07) is 17.3. The lowest BCUT2D eigenvalue weighted by molar-refractivity contribution is -0.131. The van der Waals surface area contributed by atoms with E-state index in [-0.39, 0.29) is 0 Å². The number of carbonyl (C=O) groups is 1. The predicted molar refractivity (Wildman–Crippen MR) is 86.4 cm³/mol. The van der Waals surface area contributed by atoms with Crippen molar-refractivity contribution < 1.29 is 9.90 Å². The maximum absolute atomic E-state index is 9.79. The summed E-state index contributed by atoms with van der Waals surface area (Å²) in [5, 5.41) is 8.05. The Hall–Kier alpha value is -2.35. The lowest BCUT2D eigenvalue weighted by atomic mass is 10.1. The number of allylic oxidation sites excluding steroid dienone is 1. The number of carboxylic acid groups (broad SMARTS) is 1. The summed E-state index contributed by atoms with van der Waals surface area (Å²) >= 11 is 0. The fourth-order valence-electron chi connectivity index (χ4n) is 2.43. The van der Waals surface area contributed by atoms with Gasteiger partial charge in [-0.3, -0.25) is 0 Å². The van der Waals surface area contributed by atoms with Crippen LogP contribution in [0.5, 0.6) is 0 Å². The molecule has 1 aliphatic rings. The summed E-state index contributed by atoms with van der Waals surface area (Å²) in [6.45, 7) is 2.01. The quantitative estimate of drug-likeness (QED) is 0.707. The molecule has 2 nitrogen and oxygen atoms in total. The van der Waals surface area contributed by atoms with Gasteiger partial charge in [-0.2, -0.15) is 0 Å². The van der Waals surface area contributed by atoms with Gasteiger partial charge in [-0.15, -0.1) is 0 Å². The van der Waals surface area contributed by atoms with E-state index in [1.54, 1.807) is 6.08 Å². The molecule has 0 atom stereocenters. The Balaban J connectivity index is 0.000000177. The molecule has 0 saturated carbocycles. The Labute approximate surface area is 125 Å². The predicted octanol–water partition coefficient (Wildman–Crippen LogP) is 4.69. The van der Waals surface area contributed by atoms with Crippen LogP contribution >= 0.6 is 0 Å². The van der Waals surface area contributed by atoms with Gasteiger partial charge >= 0.3 is 5.97 Å². The molecule has 3 rings (SSSR count). The maximum atomic E-state index is 9.79. The van der Waals surface area contributed by atoms with Gasteiger partial charge in [0.05, 0.1) is 0 Å². The summed E-state index contributed by atoms with van der Waals surface area (Å²) < 4.78 is 0. The fraction of sp³-hybridized carbons (Fsp3) is 0.211. The van der Waals surface area contributed by atoms with Crippen LogP contribution in [0.25, 0.3) is 11.1 Å². The zero-order chi connectivity index (χ0) is 15.1. The highest BCUT2D eigenvalue weighted by Gasteiger charge is 2.15. The first kappa shape index (κ1) is 15.0. The van der Waals surface area contributed by atoms with Crippen molar-refractivity contribution in [1.29, 1.82) is 0 Å². The molecule has 0 saturated heterocycles. The highest BCUT2D eigenvalue weighted by atomic mass is 16.4. The van der Waals surface area contributed by atoms with Crippen LogP contribution in [0.3, 0.4) is 0 Å².